The highest BCUT2D eigenvalue weighted by atomic mass is 16.6. The van der Waals surface area contributed by atoms with Gasteiger partial charge < -0.3 is 10.2 Å². The summed E-state index contributed by atoms with van der Waals surface area (Å²) in [5, 5.41) is 14.2. The van der Waals surface area contributed by atoms with E-state index in [2.05, 4.69) is 22.1 Å². The standard InChI is InChI=1S/C13H20N4O2/c1-2-7-16-8-4-11(5-9-16)15-12-3-6-14-10-13(12)17(18)19/h3,6,10-11H,2,4-5,7-9H2,1H3,(H,14,15). The van der Waals surface area contributed by atoms with Crippen LogP contribution in [0.5, 0.6) is 0 Å². The molecule has 0 atom stereocenters. The number of nitro groups is 1. The van der Waals surface area contributed by atoms with E-state index in [1.54, 1.807) is 12.3 Å². The third-order valence-corrected chi connectivity index (χ3v) is 3.48. The number of aromatic nitrogens is 1. The van der Waals surface area contributed by atoms with Gasteiger partial charge >= 0.3 is 5.69 Å². The number of likely N-dealkylation sites (tertiary alicyclic amines) is 1. The molecule has 104 valence electrons. The second-order valence-corrected chi connectivity index (χ2v) is 4.91. The van der Waals surface area contributed by atoms with Crippen LogP contribution in [0.25, 0.3) is 0 Å². The molecule has 19 heavy (non-hydrogen) atoms. The minimum Gasteiger partial charge on any atom is -0.377 e. The van der Waals surface area contributed by atoms with Crippen LogP contribution in [0.4, 0.5) is 11.4 Å². The Balaban J connectivity index is 1.94. The number of hydrogen-bond donors (Lipinski definition) is 1. The average Bonchev–Trinajstić information content (AvgIpc) is 2.42. The molecule has 1 aliphatic heterocycles. The van der Waals surface area contributed by atoms with Crippen LogP contribution in [0.3, 0.4) is 0 Å². The maximum absolute atomic E-state index is 10.9. The fourth-order valence-corrected chi connectivity index (χ4v) is 2.49. The van der Waals surface area contributed by atoms with Gasteiger partial charge in [-0.2, -0.15) is 0 Å². The van der Waals surface area contributed by atoms with E-state index in [4.69, 9.17) is 0 Å². The van der Waals surface area contributed by atoms with Gasteiger partial charge in [0, 0.05) is 25.3 Å². The molecule has 0 amide bonds. The molecule has 0 unspecified atom stereocenters. The number of anilines is 1. The molecular formula is C13H20N4O2. The van der Waals surface area contributed by atoms with Crippen molar-refractivity contribution in [3.63, 3.8) is 0 Å². The fourth-order valence-electron chi connectivity index (χ4n) is 2.49. The SMILES string of the molecule is CCCN1CCC(Nc2ccncc2[N+](=O)[O-])CC1. The molecule has 6 nitrogen and oxygen atoms in total. The molecule has 1 aliphatic rings. The van der Waals surface area contributed by atoms with Gasteiger partial charge in [0.05, 0.1) is 4.92 Å². The van der Waals surface area contributed by atoms with E-state index in [0.29, 0.717) is 11.7 Å². The fraction of sp³-hybridized carbons (Fsp3) is 0.615. The van der Waals surface area contributed by atoms with Gasteiger partial charge in [-0.15, -0.1) is 0 Å². The summed E-state index contributed by atoms with van der Waals surface area (Å²) in [5.41, 5.74) is 0.632. The first-order valence-electron chi connectivity index (χ1n) is 6.78. The van der Waals surface area contributed by atoms with E-state index in [9.17, 15) is 10.1 Å². The Morgan fingerprint density at radius 2 is 2.26 bits per heavy atom. The normalized spacial score (nSPS) is 17.3. The highest BCUT2D eigenvalue weighted by Crippen LogP contribution is 2.25. The maximum atomic E-state index is 10.9. The molecule has 0 saturated carbocycles. The summed E-state index contributed by atoms with van der Waals surface area (Å²) in [5.74, 6) is 0. The van der Waals surface area contributed by atoms with Gasteiger partial charge in [-0.25, -0.2) is 0 Å². The Kier molecular flexibility index (Phi) is 4.68. The molecule has 0 radical (unpaired) electrons. The summed E-state index contributed by atoms with van der Waals surface area (Å²) >= 11 is 0. The van der Waals surface area contributed by atoms with Gasteiger partial charge in [-0.1, -0.05) is 6.92 Å². The zero-order valence-corrected chi connectivity index (χ0v) is 11.2. The van der Waals surface area contributed by atoms with E-state index in [0.717, 1.165) is 32.5 Å². The van der Waals surface area contributed by atoms with Crippen LogP contribution < -0.4 is 5.32 Å². The van der Waals surface area contributed by atoms with Crippen molar-refractivity contribution in [1.29, 1.82) is 0 Å². The van der Waals surface area contributed by atoms with Crippen molar-refractivity contribution in [2.24, 2.45) is 0 Å². The van der Waals surface area contributed by atoms with Crippen LogP contribution in [-0.4, -0.2) is 40.5 Å². The summed E-state index contributed by atoms with van der Waals surface area (Å²) in [6, 6.07) is 1.99. The lowest BCUT2D eigenvalue weighted by atomic mass is 10.0. The molecule has 2 rings (SSSR count). The first-order valence-corrected chi connectivity index (χ1v) is 6.78. The summed E-state index contributed by atoms with van der Waals surface area (Å²) in [4.78, 5) is 16.8. The highest BCUT2D eigenvalue weighted by Gasteiger charge is 2.21. The Morgan fingerprint density at radius 1 is 1.53 bits per heavy atom. The first kappa shape index (κ1) is 13.7. The third kappa shape index (κ3) is 3.64. The van der Waals surface area contributed by atoms with Crippen LogP contribution >= 0.6 is 0 Å². The lowest BCUT2D eigenvalue weighted by Crippen LogP contribution is -2.39. The largest absolute Gasteiger partial charge is 0.377 e. The van der Waals surface area contributed by atoms with E-state index in [1.807, 2.05) is 0 Å². The summed E-state index contributed by atoms with van der Waals surface area (Å²) < 4.78 is 0. The van der Waals surface area contributed by atoms with Crippen LogP contribution in [0.2, 0.25) is 0 Å². The minimum absolute atomic E-state index is 0.0542. The molecule has 0 bridgehead atoms. The second-order valence-electron chi connectivity index (χ2n) is 4.91. The number of pyridine rings is 1. The van der Waals surface area contributed by atoms with Gasteiger partial charge in [-0.05, 0) is 31.9 Å². The zero-order valence-electron chi connectivity index (χ0n) is 11.2. The van der Waals surface area contributed by atoms with Crippen LogP contribution in [-0.2, 0) is 0 Å². The highest BCUT2D eigenvalue weighted by molar-refractivity contribution is 5.60. The van der Waals surface area contributed by atoms with Gasteiger partial charge in [0.1, 0.15) is 11.9 Å². The van der Waals surface area contributed by atoms with E-state index < -0.39 is 0 Å². The summed E-state index contributed by atoms with van der Waals surface area (Å²) in [6.07, 6.45) is 6.11. The van der Waals surface area contributed by atoms with Crippen LogP contribution in [0.15, 0.2) is 18.5 Å². The number of piperidine rings is 1. The molecule has 0 aliphatic carbocycles. The topological polar surface area (TPSA) is 71.3 Å². The van der Waals surface area contributed by atoms with Crippen LogP contribution in [0, 0.1) is 10.1 Å². The smallest absolute Gasteiger partial charge is 0.310 e. The van der Waals surface area contributed by atoms with Gasteiger partial charge in [0.2, 0.25) is 0 Å². The monoisotopic (exact) mass is 264 g/mol. The van der Waals surface area contributed by atoms with E-state index >= 15 is 0 Å². The quantitative estimate of drug-likeness (QED) is 0.652. The molecule has 1 fully saturated rings. The molecule has 1 aromatic heterocycles. The summed E-state index contributed by atoms with van der Waals surface area (Å²) in [7, 11) is 0. The van der Waals surface area contributed by atoms with Crippen molar-refractivity contribution in [2.75, 3.05) is 25.0 Å². The van der Waals surface area contributed by atoms with Gasteiger partial charge in [0.15, 0.2) is 0 Å². The number of nitrogens with one attached hydrogen (secondary N) is 1. The van der Waals surface area contributed by atoms with Crippen molar-refractivity contribution in [3.8, 4) is 0 Å². The Labute approximate surface area is 113 Å². The third-order valence-electron chi connectivity index (χ3n) is 3.48. The molecule has 6 heteroatoms. The molecule has 0 aromatic carbocycles. The number of nitrogens with zero attached hydrogens (tertiary/aromatic N) is 3. The Hall–Kier alpha value is -1.69. The molecule has 0 spiro atoms. The molecule has 1 saturated heterocycles. The summed E-state index contributed by atoms with van der Waals surface area (Å²) in [6.45, 7) is 5.45. The van der Waals surface area contributed by atoms with Gasteiger partial charge in [0.25, 0.3) is 0 Å². The van der Waals surface area contributed by atoms with Crippen molar-refractivity contribution < 1.29 is 4.92 Å². The van der Waals surface area contributed by atoms with Crippen molar-refractivity contribution in [3.05, 3.63) is 28.6 Å². The maximum Gasteiger partial charge on any atom is 0.310 e. The Bertz CT molecular complexity index is 430. The van der Waals surface area contributed by atoms with Gasteiger partial charge in [-0.3, -0.25) is 15.1 Å². The molecule has 1 aromatic rings. The lowest BCUT2D eigenvalue weighted by molar-refractivity contribution is -0.384. The Morgan fingerprint density at radius 3 is 2.89 bits per heavy atom. The van der Waals surface area contributed by atoms with Crippen molar-refractivity contribution >= 4 is 11.4 Å². The van der Waals surface area contributed by atoms with Crippen molar-refractivity contribution in [1.82, 2.24) is 9.88 Å². The van der Waals surface area contributed by atoms with Crippen LogP contribution in [0.1, 0.15) is 26.2 Å². The predicted octanol–water partition coefficient (Wildman–Crippen LogP) is 2.28. The first-order chi connectivity index (χ1) is 9.20. The predicted molar refractivity (Wildman–Crippen MR) is 74.3 cm³/mol. The molecule has 1 N–H and O–H groups in total. The van der Waals surface area contributed by atoms with E-state index in [-0.39, 0.29) is 10.6 Å². The number of rotatable bonds is 5. The van der Waals surface area contributed by atoms with Crippen molar-refractivity contribution in [2.45, 2.75) is 32.2 Å². The molecular weight excluding hydrogens is 244 g/mol. The number of hydrogen-bond acceptors (Lipinski definition) is 5. The minimum atomic E-state index is -0.387. The zero-order chi connectivity index (χ0) is 13.7. The van der Waals surface area contributed by atoms with E-state index in [1.165, 1.54) is 12.6 Å². The average molecular weight is 264 g/mol. The lowest BCUT2D eigenvalue weighted by Gasteiger charge is -2.32. The molecule has 2 heterocycles. The second kappa shape index (κ2) is 6.47.